The van der Waals surface area contributed by atoms with Crippen molar-refractivity contribution in [2.75, 3.05) is 19.3 Å². The van der Waals surface area contributed by atoms with E-state index in [2.05, 4.69) is 20.6 Å². The fourth-order valence-electron chi connectivity index (χ4n) is 2.11. The van der Waals surface area contributed by atoms with E-state index in [1.165, 1.54) is 19.3 Å². The van der Waals surface area contributed by atoms with Crippen LogP contribution in [0.5, 0.6) is 0 Å². The summed E-state index contributed by atoms with van der Waals surface area (Å²) in [6.07, 6.45) is 9.49. The molecule has 1 saturated heterocycles. The Morgan fingerprint density at radius 1 is 1.41 bits per heavy atom. The molecule has 0 aromatic carbocycles. The summed E-state index contributed by atoms with van der Waals surface area (Å²) in [5.41, 5.74) is 1.05. The maximum absolute atomic E-state index is 4.37. The third-order valence-corrected chi connectivity index (χ3v) is 3.75. The van der Waals surface area contributed by atoms with Crippen molar-refractivity contribution in [1.29, 1.82) is 0 Å². The molecule has 4 nitrogen and oxygen atoms in total. The molecule has 17 heavy (non-hydrogen) atoms. The summed E-state index contributed by atoms with van der Waals surface area (Å²) in [5, 5.41) is 8.02. The van der Waals surface area contributed by atoms with Crippen molar-refractivity contribution in [2.24, 2.45) is 0 Å². The first-order valence-electron chi connectivity index (χ1n) is 6.18. The highest BCUT2D eigenvalue weighted by Gasteiger charge is 2.12. The fraction of sp³-hybridized carbons (Fsp3) is 0.667. The molecule has 0 unspecified atom stereocenters. The van der Waals surface area contributed by atoms with Crippen LogP contribution in [0.25, 0.3) is 0 Å². The van der Waals surface area contributed by atoms with Gasteiger partial charge in [0.25, 0.3) is 0 Å². The maximum Gasteiger partial charge on any atom is 0.119 e. The van der Waals surface area contributed by atoms with Crippen molar-refractivity contribution in [2.45, 2.75) is 36.9 Å². The van der Waals surface area contributed by atoms with Crippen LogP contribution in [-0.2, 0) is 6.54 Å². The highest BCUT2D eigenvalue weighted by molar-refractivity contribution is 7.98. The van der Waals surface area contributed by atoms with Crippen LogP contribution in [0.3, 0.4) is 0 Å². The molecule has 1 aliphatic heterocycles. The van der Waals surface area contributed by atoms with Crippen LogP contribution in [0.15, 0.2) is 17.4 Å². The molecule has 2 N–H and O–H groups in total. The van der Waals surface area contributed by atoms with Crippen molar-refractivity contribution >= 4 is 11.8 Å². The molecule has 1 atom stereocenters. The maximum atomic E-state index is 4.37. The first kappa shape index (κ1) is 12.8. The fourth-order valence-corrected chi connectivity index (χ4v) is 2.64. The van der Waals surface area contributed by atoms with Crippen LogP contribution >= 0.6 is 11.8 Å². The van der Waals surface area contributed by atoms with Crippen molar-refractivity contribution in [3.63, 3.8) is 0 Å². The zero-order valence-electron chi connectivity index (χ0n) is 10.3. The van der Waals surface area contributed by atoms with Crippen molar-refractivity contribution in [3.8, 4) is 0 Å². The quantitative estimate of drug-likeness (QED) is 0.776. The topological polar surface area (TPSA) is 49.8 Å². The highest BCUT2D eigenvalue weighted by atomic mass is 32.2. The number of nitrogens with zero attached hydrogens (tertiary/aromatic N) is 2. The number of piperidine rings is 1. The second-order valence-electron chi connectivity index (χ2n) is 4.29. The van der Waals surface area contributed by atoms with Crippen LogP contribution in [-0.4, -0.2) is 35.4 Å². The molecule has 0 aliphatic carbocycles. The monoisotopic (exact) mass is 252 g/mol. The van der Waals surface area contributed by atoms with Gasteiger partial charge in [-0.05, 0) is 25.6 Å². The summed E-state index contributed by atoms with van der Waals surface area (Å²) in [6.45, 7) is 2.99. The molecule has 0 spiro atoms. The van der Waals surface area contributed by atoms with E-state index in [0.717, 1.165) is 30.4 Å². The summed E-state index contributed by atoms with van der Waals surface area (Å²) >= 11 is 1.65. The minimum absolute atomic E-state index is 0.623. The Kier molecular flexibility index (Phi) is 5.22. The van der Waals surface area contributed by atoms with Gasteiger partial charge in [0.15, 0.2) is 0 Å². The molecule has 5 heteroatoms. The Morgan fingerprint density at radius 2 is 2.29 bits per heavy atom. The van der Waals surface area contributed by atoms with Gasteiger partial charge in [0.05, 0.1) is 5.69 Å². The molecule has 1 aliphatic rings. The number of rotatable bonds is 5. The third kappa shape index (κ3) is 3.94. The Labute approximate surface area is 107 Å². The van der Waals surface area contributed by atoms with E-state index in [-0.39, 0.29) is 0 Å². The predicted octanol–water partition coefficient (Wildman–Crippen LogP) is 1.43. The van der Waals surface area contributed by atoms with E-state index in [9.17, 15) is 0 Å². The number of nitrogens with one attached hydrogen (secondary N) is 2. The average Bonchev–Trinajstić information content (AvgIpc) is 2.40. The molecule has 94 valence electrons. The van der Waals surface area contributed by atoms with Gasteiger partial charge in [-0.3, -0.25) is 4.98 Å². The summed E-state index contributed by atoms with van der Waals surface area (Å²) < 4.78 is 0. The Morgan fingerprint density at radius 3 is 3.06 bits per heavy atom. The van der Waals surface area contributed by atoms with Gasteiger partial charge in [-0.25, -0.2) is 4.98 Å². The zero-order chi connectivity index (χ0) is 11.9. The number of aromatic nitrogens is 2. The van der Waals surface area contributed by atoms with Gasteiger partial charge < -0.3 is 10.6 Å². The lowest BCUT2D eigenvalue weighted by atomic mass is 10.1. The normalized spacial score (nSPS) is 20.4. The molecule has 2 rings (SSSR count). The Hall–Kier alpha value is -0.650. The van der Waals surface area contributed by atoms with Crippen LogP contribution < -0.4 is 10.6 Å². The predicted molar refractivity (Wildman–Crippen MR) is 71.2 cm³/mol. The molecule has 1 fully saturated rings. The molecular formula is C12H20N4S. The molecular weight excluding hydrogens is 232 g/mol. The van der Waals surface area contributed by atoms with Crippen LogP contribution in [0.1, 0.15) is 25.0 Å². The van der Waals surface area contributed by atoms with E-state index < -0.39 is 0 Å². The van der Waals surface area contributed by atoms with E-state index >= 15 is 0 Å². The molecule has 0 amide bonds. The zero-order valence-corrected chi connectivity index (χ0v) is 11.1. The van der Waals surface area contributed by atoms with Crippen LogP contribution in [0.4, 0.5) is 0 Å². The van der Waals surface area contributed by atoms with Crippen LogP contribution in [0.2, 0.25) is 0 Å². The summed E-state index contributed by atoms with van der Waals surface area (Å²) in [6, 6.07) is 0.623. The number of hydrogen-bond donors (Lipinski definition) is 2. The van der Waals surface area contributed by atoms with Crippen molar-refractivity contribution in [1.82, 2.24) is 20.6 Å². The molecule has 2 heterocycles. The minimum Gasteiger partial charge on any atom is -0.313 e. The Bertz CT molecular complexity index is 339. The van der Waals surface area contributed by atoms with Gasteiger partial charge in [0.1, 0.15) is 5.03 Å². The molecule has 0 radical (unpaired) electrons. The lowest BCUT2D eigenvalue weighted by Gasteiger charge is -2.23. The first-order valence-corrected chi connectivity index (χ1v) is 7.40. The Balaban J connectivity index is 1.77. The lowest BCUT2D eigenvalue weighted by Crippen LogP contribution is -2.41. The molecule has 1 aromatic rings. The smallest absolute Gasteiger partial charge is 0.119 e. The third-order valence-electron chi connectivity index (χ3n) is 3.02. The second-order valence-corrected chi connectivity index (χ2v) is 5.08. The highest BCUT2D eigenvalue weighted by Crippen LogP contribution is 2.14. The first-order chi connectivity index (χ1) is 8.40. The summed E-state index contributed by atoms with van der Waals surface area (Å²) in [4.78, 5) is 8.67. The molecule has 0 bridgehead atoms. The van der Waals surface area contributed by atoms with E-state index in [1.54, 1.807) is 24.2 Å². The second kappa shape index (κ2) is 6.93. The van der Waals surface area contributed by atoms with Crippen molar-refractivity contribution < 1.29 is 0 Å². The average molecular weight is 252 g/mol. The lowest BCUT2D eigenvalue weighted by molar-refractivity contribution is 0.382. The van der Waals surface area contributed by atoms with Gasteiger partial charge in [0.2, 0.25) is 0 Å². The van der Waals surface area contributed by atoms with Gasteiger partial charge in [-0.1, -0.05) is 6.42 Å². The SMILES string of the molecule is CSc1nccnc1CNC[C@@H]1CCCCN1. The van der Waals surface area contributed by atoms with E-state index in [0.29, 0.717) is 6.04 Å². The van der Waals surface area contributed by atoms with Gasteiger partial charge in [-0.2, -0.15) is 0 Å². The molecule has 0 saturated carbocycles. The minimum atomic E-state index is 0.623. The number of hydrogen-bond acceptors (Lipinski definition) is 5. The van der Waals surface area contributed by atoms with Gasteiger partial charge >= 0.3 is 0 Å². The summed E-state index contributed by atoms with van der Waals surface area (Å²) in [7, 11) is 0. The van der Waals surface area contributed by atoms with E-state index in [4.69, 9.17) is 0 Å². The van der Waals surface area contributed by atoms with E-state index in [1.807, 2.05) is 6.26 Å². The molecule has 1 aromatic heterocycles. The largest absolute Gasteiger partial charge is 0.313 e. The summed E-state index contributed by atoms with van der Waals surface area (Å²) in [5.74, 6) is 0. The van der Waals surface area contributed by atoms with Gasteiger partial charge in [0, 0.05) is 31.5 Å². The van der Waals surface area contributed by atoms with Crippen LogP contribution in [0, 0.1) is 0 Å². The van der Waals surface area contributed by atoms with Crippen molar-refractivity contribution in [3.05, 3.63) is 18.1 Å². The van der Waals surface area contributed by atoms with Gasteiger partial charge in [-0.15, -0.1) is 11.8 Å². The standard InChI is InChI=1S/C12H20N4S/c1-17-12-11(15-6-7-16-12)9-13-8-10-4-2-3-5-14-10/h6-7,10,13-14H,2-5,8-9H2,1H3/t10-/m0/s1. The number of thioether (sulfide) groups is 1.